The number of amides is 1. The lowest BCUT2D eigenvalue weighted by Gasteiger charge is -2.20. The van der Waals surface area contributed by atoms with Crippen molar-refractivity contribution in [3.05, 3.63) is 11.6 Å². The fraction of sp³-hybridized carbons (Fsp3) is 0.667. The molecule has 1 amide bonds. The molecule has 0 aliphatic heterocycles. The maximum atomic E-state index is 11.7. The van der Waals surface area contributed by atoms with Crippen LogP contribution in [0.5, 0.6) is 0 Å². The molecule has 4 nitrogen and oxygen atoms in total. The molecular weight excluding hydrogens is 206 g/mol. The Morgan fingerprint density at radius 1 is 1.31 bits per heavy atom. The monoisotopic (exact) mass is 227 g/mol. The van der Waals surface area contributed by atoms with Crippen LogP contribution >= 0.6 is 0 Å². The van der Waals surface area contributed by atoms with Gasteiger partial charge in [-0.2, -0.15) is 0 Å². The molecule has 0 aromatic carbocycles. The van der Waals surface area contributed by atoms with E-state index in [0.717, 1.165) is 6.08 Å². The largest absolute Gasteiger partial charge is 0.478 e. The number of nitrogens with one attached hydrogen (secondary N) is 1. The number of carbonyl (C=O) groups is 2. The van der Waals surface area contributed by atoms with Crippen LogP contribution in [-0.2, 0) is 9.59 Å². The van der Waals surface area contributed by atoms with E-state index in [0.29, 0.717) is 12.0 Å². The predicted molar refractivity (Wildman–Crippen MR) is 63.1 cm³/mol. The Labute approximate surface area is 96.7 Å². The quantitative estimate of drug-likeness (QED) is 0.721. The normalized spacial score (nSPS) is 12.8. The van der Waals surface area contributed by atoms with Crippen molar-refractivity contribution in [2.24, 2.45) is 5.41 Å². The lowest BCUT2D eigenvalue weighted by Crippen LogP contribution is -2.32. The van der Waals surface area contributed by atoms with Crippen molar-refractivity contribution >= 4 is 11.9 Å². The van der Waals surface area contributed by atoms with Crippen LogP contribution in [0, 0.1) is 5.41 Å². The molecule has 0 radical (unpaired) electrons. The second-order valence-corrected chi connectivity index (χ2v) is 5.37. The van der Waals surface area contributed by atoms with Gasteiger partial charge in [-0.25, -0.2) is 4.79 Å². The SMILES string of the molecule is CC(C)NC(=O)/C(=C\C(=O)O)CC(C)(C)C. The van der Waals surface area contributed by atoms with E-state index in [2.05, 4.69) is 5.32 Å². The van der Waals surface area contributed by atoms with Crippen LogP contribution in [-0.4, -0.2) is 23.0 Å². The minimum Gasteiger partial charge on any atom is -0.478 e. The molecule has 0 unspecified atom stereocenters. The first kappa shape index (κ1) is 14.7. The summed E-state index contributed by atoms with van der Waals surface area (Å²) in [5.74, 6) is -1.38. The van der Waals surface area contributed by atoms with Crippen LogP contribution in [0.3, 0.4) is 0 Å². The summed E-state index contributed by atoms with van der Waals surface area (Å²) in [4.78, 5) is 22.4. The summed E-state index contributed by atoms with van der Waals surface area (Å²) in [6, 6.07) is 0.00432. The average molecular weight is 227 g/mol. The van der Waals surface area contributed by atoms with Gasteiger partial charge in [0.25, 0.3) is 0 Å². The minimum absolute atomic E-state index is 0.00432. The Hall–Kier alpha value is -1.32. The average Bonchev–Trinajstić information content (AvgIpc) is 1.97. The van der Waals surface area contributed by atoms with E-state index < -0.39 is 5.97 Å². The van der Waals surface area contributed by atoms with Gasteiger partial charge in [-0.1, -0.05) is 20.8 Å². The first-order valence-electron chi connectivity index (χ1n) is 5.36. The van der Waals surface area contributed by atoms with Crippen molar-refractivity contribution in [3.8, 4) is 0 Å². The second kappa shape index (κ2) is 5.68. The molecule has 0 saturated heterocycles. The Bertz CT molecular complexity index is 298. The summed E-state index contributed by atoms with van der Waals surface area (Å²) in [6.07, 6.45) is 1.43. The van der Waals surface area contributed by atoms with Crippen molar-refractivity contribution in [3.63, 3.8) is 0 Å². The zero-order valence-corrected chi connectivity index (χ0v) is 10.6. The van der Waals surface area contributed by atoms with Crippen LogP contribution in [0.4, 0.5) is 0 Å². The third-order valence-electron chi connectivity index (χ3n) is 1.73. The van der Waals surface area contributed by atoms with E-state index in [4.69, 9.17) is 5.11 Å². The van der Waals surface area contributed by atoms with E-state index in [1.165, 1.54) is 0 Å². The molecule has 0 spiro atoms. The third-order valence-corrected chi connectivity index (χ3v) is 1.73. The van der Waals surface area contributed by atoms with E-state index in [-0.39, 0.29) is 17.4 Å². The number of aliphatic carboxylic acids is 1. The Balaban J connectivity index is 4.82. The standard InChI is InChI=1S/C12H21NO3/c1-8(2)13-11(16)9(6-10(14)15)7-12(3,4)5/h6,8H,7H2,1-5H3,(H,13,16)(H,14,15)/b9-6-. The van der Waals surface area contributed by atoms with Gasteiger partial charge in [0.2, 0.25) is 5.91 Å². The number of carboxylic acid groups (broad SMARTS) is 1. The zero-order valence-electron chi connectivity index (χ0n) is 10.6. The van der Waals surface area contributed by atoms with Crippen molar-refractivity contribution in [1.29, 1.82) is 0 Å². The summed E-state index contributed by atoms with van der Waals surface area (Å²) < 4.78 is 0. The summed E-state index contributed by atoms with van der Waals surface area (Å²) in [5.41, 5.74) is 0.198. The van der Waals surface area contributed by atoms with E-state index in [1.807, 2.05) is 34.6 Å². The molecule has 0 heterocycles. The van der Waals surface area contributed by atoms with Gasteiger partial charge in [0, 0.05) is 17.7 Å². The highest BCUT2D eigenvalue weighted by Gasteiger charge is 2.19. The van der Waals surface area contributed by atoms with Gasteiger partial charge in [-0.05, 0) is 25.7 Å². The van der Waals surface area contributed by atoms with Crippen molar-refractivity contribution < 1.29 is 14.7 Å². The molecule has 0 bridgehead atoms. The number of carbonyl (C=O) groups excluding carboxylic acids is 1. The van der Waals surface area contributed by atoms with E-state index in [9.17, 15) is 9.59 Å². The lowest BCUT2D eigenvalue weighted by molar-refractivity contribution is -0.132. The van der Waals surface area contributed by atoms with Crippen LogP contribution < -0.4 is 5.32 Å². The molecule has 0 aliphatic carbocycles. The van der Waals surface area contributed by atoms with Crippen molar-refractivity contribution in [1.82, 2.24) is 5.32 Å². The molecule has 0 rings (SSSR count). The van der Waals surface area contributed by atoms with Gasteiger partial charge in [0.1, 0.15) is 0 Å². The molecule has 2 N–H and O–H groups in total. The highest BCUT2D eigenvalue weighted by atomic mass is 16.4. The number of hydrogen-bond acceptors (Lipinski definition) is 2. The van der Waals surface area contributed by atoms with Crippen molar-refractivity contribution in [2.45, 2.75) is 47.1 Å². The van der Waals surface area contributed by atoms with Crippen LogP contribution in [0.2, 0.25) is 0 Å². The minimum atomic E-state index is -1.09. The van der Waals surface area contributed by atoms with Crippen LogP contribution in [0.15, 0.2) is 11.6 Å². The molecular formula is C12H21NO3. The highest BCUT2D eigenvalue weighted by Crippen LogP contribution is 2.24. The molecule has 16 heavy (non-hydrogen) atoms. The number of rotatable bonds is 4. The third kappa shape index (κ3) is 7.04. The Morgan fingerprint density at radius 2 is 1.81 bits per heavy atom. The maximum Gasteiger partial charge on any atom is 0.328 e. The maximum absolute atomic E-state index is 11.7. The molecule has 0 aromatic heterocycles. The first-order valence-corrected chi connectivity index (χ1v) is 5.36. The molecule has 0 aliphatic rings. The van der Waals surface area contributed by atoms with Crippen LogP contribution in [0.25, 0.3) is 0 Å². The van der Waals surface area contributed by atoms with E-state index in [1.54, 1.807) is 0 Å². The topological polar surface area (TPSA) is 66.4 Å². The Morgan fingerprint density at radius 3 is 2.12 bits per heavy atom. The van der Waals surface area contributed by atoms with Gasteiger partial charge in [0.05, 0.1) is 0 Å². The van der Waals surface area contributed by atoms with E-state index >= 15 is 0 Å². The molecule has 92 valence electrons. The zero-order chi connectivity index (χ0) is 12.9. The molecule has 0 fully saturated rings. The molecule has 0 atom stereocenters. The lowest BCUT2D eigenvalue weighted by atomic mass is 9.87. The fourth-order valence-electron chi connectivity index (χ4n) is 1.27. The second-order valence-electron chi connectivity index (χ2n) is 5.37. The summed E-state index contributed by atoms with van der Waals surface area (Å²) in [5, 5.41) is 11.4. The fourth-order valence-corrected chi connectivity index (χ4v) is 1.27. The Kier molecular flexibility index (Phi) is 5.21. The van der Waals surface area contributed by atoms with Gasteiger partial charge in [-0.15, -0.1) is 0 Å². The molecule has 0 saturated carbocycles. The summed E-state index contributed by atoms with van der Waals surface area (Å²) >= 11 is 0. The number of carboxylic acids is 1. The van der Waals surface area contributed by atoms with Gasteiger partial charge < -0.3 is 10.4 Å². The molecule has 0 aromatic rings. The predicted octanol–water partition coefficient (Wildman–Crippen LogP) is 1.96. The summed E-state index contributed by atoms with van der Waals surface area (Å²) in [6.45, 7) is 9.57. The number of hydrogen-bond donors (Lipinski definition) is 2. The van der Waals surface area contributed by atoms with Gasteiger partial charge in [-0.3, -0.25) is 4.79 Å². The van der Waals surface area contributed by atoms with Crippen LogP contribution in [0.1, 0.15) is 41.0 Å². The van der Waals surface area contributed by atoms with Crippen molar-refractivity contribution in [2.75, 3.05) is 0 Å². The molecule has 4 heteroatoms. The van der Waals surface area contributed by atoms with Gasteiger partial charge >= 0.3 is 5.97 Å². The highest BCUT2D eigenvalue weighted by molar-refractivity contribution is 5.99. The smallest absolute Gasteiger partial charge is 0.328 e. The summed E-state index contributed by atoms with van der Waals surface area (Å²) in [7, 11) is 0. The van der Waals surface area contributed by atoms with Gasteiger partial charge in [0.15, 0.2) is 0 Å². The first-order chi connectivity index (χ1) is 7.11.